The van der Waals surface area contributed by atoms with Crippen molar-refractivity contribution in [2.24, 2.45) is 0 Å². The zero-order chi connectivity index (χ0) is 23.6. The summed E-state index contributed by atoms with van der Waals surface area (Å²) < 4.78 is 28.6. The van der Waals surface area contributed by atoms with Crippen LogP contribution in [0.3, 0.4) is 0 Å². The number of hydrogen-bond acceptors (Lipinski definition) is 7. The van der Waals surface area contributed by atoms with Crippen LogP contribution >= 0.6 is 11.8 Å². The Kier molecular flexibility index (Phi) is 6.46. The van der Waals surface area contributed by atoms with E-state index >= 15 is 0 Å². The van der Waals surface area contributed by atoms with E-state index < -0.39 is 26.8 Å². The summed E-state index contributed by atoms with van der Waals surface area (Å²) in [7, 11) is -3.94. The van der Waals surface area contributed by atoms with E-state index in [4.69, 9.17) is 0 Å². The molecule has 1 aliphatic rings. The van der Waals surface area contributed by atoms with Gasteiger partial charge in [-0.15, -0.1) is 10.2 Å². The maximum absolute atomic E-state index is 13.3. The molecule has 33 heavy (non-hydrogen) atoms. The second-order valence-electron chi connectivity index (χ2n) is 8.23. The molecule has 0 saturated carbocycles. The number of carboxylic acids is 1. The highest BCUT2D eigenvalue weighted by Crippen LogP contribution is 2.38. The van der Waals surface area contributed by atoms with Crippen molar-refractivity contribution in [3.63, 3.8) is 0 Å². The molecule has 0 radical (unpaired) electrons. The summed E-state index contributed by atoms with van der Waals surface area (Å²) in [4.78, 5) is 12.0. The molecule has 2 N–H and O–H groups in total. The first kappa shape index (κ1) is 23.3. The number of hydrogen-bond donors (Lipinski definition) is 2. The fraction of sp³-hybridized carbons (Fsp3) is 0.318. The number of aromatic nitrogens is 3. The van der Waals surface area contributed by atoms with Crippen LogP contribution in [0.5, 0.6) is 0 Å². The first-order chi connectivity index (χ1) is 15.7. The molecule has 0 aliphatic carbocycles. The molecule has 1 saturated heterocycles. The predicted molar refractivity (Wildman–Crippen MR) is 127 cm³/mol. The monoisotopic (exact) mass is 487 g/mol. The van der Waals surface area contributed by atoms with Crippen LogP contribution < -0.4 is 5.43 Å². The Morgan fingerprint density at radius 2 is 1.67 bits per heavy atom. The molecule has 174 valence electrons. The summed E-state index contributed by atoms with van der Waals surface area (Å²) in [5.74, 6) is -0.585. The lowest BCUT2D eigenvalue weighted by Crippen LogP contribution is -2.58. The molecule has 4 rings (SSSR count). The van der Waals surface area contributed by atoms with Gasteiger partial charge in [0.1, 0.15) is 18.7 Å². The standard InChI is InChI=1S/C22H25N5O4S2/c1-22(2)20(21(28)29)27(11-12-32-22)33(30,31)19-9-7-18(8-10-19)17-5-3-16(4-6-17)13-25-26-14-23-24-15-26/h3-10,14-15,20,25H,11-13H2,1-2H3,(H,28,29). The van der Waals surface area contributed by atoms with E-state index in [9.17, 15) is 18.3 Å². The maximum Gasteiger partial charge on any atom is 0.323 e. The van der Waals surface area contributed by atoms with Crippen LogP contribution in [0.25, 0.3) is 11.1 Å². The minimum absolute atomic E-state index is 0.0926. The molecule has 1 aromatic heterocycles. The number of nitrogens with one attached hydrogen (secondary N) is 1. The summed E-state index contributed by atoms with van der Waals surface area (Å²) in [6.07, 6.45) is 3.15. The summed E-state index contributed by atoms with van der Waals surface area (Å²) >= 11 is 1.48. The van der Waals surface area contributed by atoms with Gasteiger partial charge in [-0.2, -0.15) is 16.1 Å². The van der Waals surface area contributed by atoms with Crippen LogP contribution in [0.4, 0.5) is 0 Å². The zero-order valence-corrected chi connectivity index (χ0v) is 19.9. The van der Waals surface area contributed by atoms with Gasteiger partial charge in [-0.05, 0) is 42.7 Å². The molecule has 1 unspecified atom stereocenters. The van der Waals surface area contributed by atoms with Crippen LogP contribution in [0.2, 0.25) is 0 Å². The van der Waals surface area contributed by atoms with Crippen molar-refractivity contribution in [3.05, 3.63) is 66.7 Å². The highest BCUT2D eigenvalue weighted by atomic mass is 32.2. The van der Waals surface area contributed by atoms with Gasteiger partial charge in [0.15, 0.2) is 0 Å². The molecule has 11 heteroatoms. The third-order valence-corrected chi connectivity index (χ3v) is 8.83. The van der Waals surface area contributed by atoms with Crippen molar-refractivity contribution in [1.82, 2.24) is 19.2 Å². The number of thioether (sulfide) groups is 1. The van der Waals surface area contributed by atoms with Crippen LogP contribution in [-0.2, 0) is 21.4 Å². The summed E-state index contributed by atoms with van der Waals surface area (Å²) in [6, 6.07) is 13.4. The van der Waals surface area contributed by atoms with E-state index in [0.717, 1.165) is 21.0 Å². The number of carbonyl (C=O) groups is 1. The molecular formula is C22H25N5O4S2. The first-order valence-electron chi connectivity index (χ1n) is 10.3. The third kappa shape index (κ3) is 4.90. The van der Waals surface area contributed by atoms with E-state index in [1.165, 1.54) is 11.8 Å². The molecule has 9 nitrogen and oxygen atoms in total. The molecule has 0 spiro atoms. The topological polar surface area (TPSA) is 117 Å². The van der Waals surface area contributed by atoms with Gasteiger partial charge in [-0.1, -0.05) is 36.4 Å². The minimum Gasteiger partial charge on any atom is -0.480 e. The van der Waals surface area contributed by atoms with Crippen molar-refractivity contribution in [3.8, 4) is 11.1 Å². The maximum atomic E-state index is 13.3. The lowest BCUT2D eigenvalue weighted by Gasteiger charge is -2.42. The van der Waals surface area contributed by atoms with Crippen LogP contribution in [0.15, 0.2) is 66.1 Å². The number of carboxylic acid groups (broad SMARTS) is 1. The van der Waals surface area contributed by atoms with Gasteiger partial charge in [0.05, 0.1) is 11.4 Å². The Morgan fingerprint density at radius 3 is 2.24 bits per heavy atom. The second-order valence-corrected chi connectivity index (χ2v) is 11.9. The number of sulfonamides is 1. The second kappa shape index (κ2) is 9.16. The van der Waals surface area contributed by atoms with Crippen molar-refractivity contribution < 1.29 is 18.3 Å². The Bertz CT molecular complexity index is 1210. The molecule has 1 fully saturated rings. The van der Waals surface area contributed by atoms with E-state index in [0.29, 0.717) is 12.3 Å². The van der Waals surface area contributed by atoms with E-state index in [1.54, 1.807) is 55.4 Å². The van der Waals surface area contributed by atoms with Crippen LogP contribution in [0, 0.1) is 0 Å². The van der Waals surface area contributed by atoms with E-state index in [1.807, 2.05) is 24.3 Å². The smallest absolute Gasteiger partial charge is 0.323 e. The van der Waals surface area contributed by atoms with Crippen molar-refractivity contribution >= 4 is 27.8 Å². The number of aliphatic carboxylic acids is 1. The lowest BCUT2D eigenvalue weighted by molar-refractivity contribution is -0.142. The SMILES string of the molecule is CC1(C)SCCN(S(=O)(=O)c2ccc(-c3ccc(CNn4cnnc4)cc3)cc2)C1C(=O)O. The van der Waals surface area contributed by atoms with E-state index in [2.05, 4.69) is 15.6 Å². The molecule has 0 amide bonds. The number of nitrogens with zero attached hydrogens (tertiary/aromatic N) is 4. The highest BCUT2D eigenvalue weighted by molar-refractivity contribution is 8.00. The molecule has 3 aromatic rings. The zero-order valence-electron chi connectivity index (χ0n) is 18.2. The first-order valence-corrected chi connectivity index (χ1v) is 12.8. The van der Waals surface area contributed by atoms with E-state index in [-0.39, 0.29) is 11.4 Å². The minimum atomic E-state index is -3.94. The molecule has 1 atom stereocenters. The molecule has 1 aliphatic heterocycles. The van der Waals surface area contributed by atoms with Gasteiger partial charge in [-0.25, -0.2) is 13.1 Å². The van der Waals surface area contributed by atoms with Gasteiger partial charge >= 0.3 is 5.97 Å². The highest BCUT2D eigenvalue weighted by Gasteiger charge is 2.48. The summed E-state index contributed by atoms with van der Waals surface area (Å²) in [6.45, 7) is 4.31. The summed E-state index contributed by atoms with van der Waals surface area (Å²) in [5, 5.41) is 17.2. The number of rotatable bonds is 7. The fourth-order valence-electron chi connectivity index (χ4n) is 3.87. The fourth-order valence-corrected chi connectivity index (χ4v) is 6.96. The normalized spacial score (nSPS) is 18.7. The van der Waals surface area contributed by atoms with Gasteiger partial charge in [-0.3, -0.25) is 4.79 Å². The largest absolute Gasteiger partial charge is 0.480 e. The molecule has 2 heterocycles. The van der Waals surface area contributed by atoms with Gasteiger partial charge in [0.25, 0.3) is 0 Å². The molecule has 2 aromatic carbocycles. The van der Waals surface area contributed by atoms with Crippen molar-refractivity contribution in [2.75, 3.05) is 17.7 Å². The van der Waals surface area contributed by atoms with Gasteiger partial charge in [0, 0.05) is 17.0 Å². The van der Waals surface area contributed by atoms with Gasteiger partial charge < -0.3 is 10.5 Å². The van der Waals surface area contributed by atoms with Crippen LogP contribution in [0.1, 0.15) is 19.4 Å². The van der Waals surface area contributed by atoms with Crippen molar-refractivity contribution in [1.29, 1.82) is 0 Å². The quantitative estimate of drug-likeness (QED) is 0.522. The molecule has 0 bridgehead atoms. The Balaban J connectivity index is 1.51. The summed E-state index contributed by atoms with van der Waals surface area (Å²) in [5.41, 5.74) is 6.04. The van der Waals surface area contributed by atoms with Gasteiger partial charge in [0.2, 0.25) is 10.0 Å². The predicted octanol–water partition coefficient (Wildman–Crippen LogP) is 2.66. The Labute approximate surface area is 196 Å². The average molecular weight is 488 g/mol. The van der Waals surface area contributed by atoms with Crippen LogP contribution in [-0.4, -0.2) is 61.8 Å². The number of benzene rings is 2. The van der Waals surface area contributed by atoms with Crippen molar-refractivity contribution in [2.45, 2.75) is 36.1 Å². The average Bonchev–Trinajstić information content (AvgIpc) is 3.31. The third-order valence-electron chi connectivity index (χ3n) is 5.60. The Morgan fingerprint density at radius 1 is 1.09 bits per heavy atom. The lowest BCUT2D eigenvalue weighted by atomic mass is 10.0. The molecular weight excluding hydrogens is 462 g/mol. The Hall–Kier alpha value is -2.89.